The number of hydrogen-bond donors (Lipinski definition) is 4. The van der Waals surface area contributed by atoms with Gasteiger partial charge in [-0.3, -0.25) is 30.2 Å². The zero-order valence-corrected chi connectivity index (χ0v) is 26.4. The molecule has 46 heavy (non-hydrogen) atoms. The monoisotopic (exact) mass is 628 g/mol. The highest BCUT2D eigenvalue weighted by molar-refractivity contribution is 6.04. The van der Waals surface area contributed by atoms with Gasteiger partial charge >= 0.3 is 12.2 Å². The van der Waals surface area contributed by atoms with Gasteiger partial charge in [-0.05, 0) is 62.9 Å². The topological polar surface area (TPSA) is 163 Å². The van der Waals surface area contributed by atoms with E-state index < -0.39 is 41.7 Å². The fourth-order valence-corrected chi connectivity index (χ4v) is 4.92. The number of pyridine rings is 1. The van der Waals surface area contributed by atoms with E-state index in [0.29, 0.717) is 18.5 Å². The number of carbonyl (C=O) groups is 4. The quantitative estimate of drug-likeness (QED) is 0.203. The maximum atomic E-state index is 13.4. The molecule has 0 radical (unpaired) electrons. The molecule has 12 heteroatoms. The van der Waals surface area contributed by atoms with Crippen LogP contribution in [-0.2, 0) is 32.2 Å². The lowest BCUT2D eigenvalue weighted by Gasteiger charge is -2.28. The van der Waals surface area contributed by atoms with E-state index in [1.165, 1.54) is 4.90 Å². The third-order valence-electron chi connectivity index (χ3n) is 7.31. The number of nitrogens with one attached hydrogen (secondary N) is 4. The third-order valence-corrected chi connectivity index (χ3v) is 7.31. The van der Waals surface area contributed by atoms with Crippen molar-refractivity contribution in [2.45, 2.75) is 70.9 Å². The van der Waals surface area contributed by atoms with Crippen LogP contribution in [0.25, 0.3) is 0 Å². The Morgan fingerprint density at radius 3 is 2.30 bits per heavy atom. The van der Waals surface area contributed by atoms with Crippen LogP contribution in [0.3, 0.4) is 0 Å². The molecule has 1 fully saturated rings. The van der Waals surface area contributed by atoms with Crippen LogP contribution in [0, 0.1) is 5.41 Å². The van der Waals surface area contributed by atoms with Crippen LogP contribution in [-0.4, -0.2) is 63.9 Å². The molecule has 0 bridgehead atoms. The summed E-state index contributed by atoms with van der Waals surface area (Å²) >= 11 is 0. The molecule has 3 atom stereocenters. The summed E-state index contributed by atoms with van der Waals surface area (Å²) in [5.41, 5.74) is 2.28. The SMILES string of the molecule is C[C@H](NC(=O)C1C[C@@H](c2ccncc2)CN1C(=O)OC(C)(C)C)C(=O)NCc1ccc(C(=N)NC(=O)OCc2ccccc2)cc1. The Bertz CT molecular complexity index is 1530. The van der Waals surface area contributed by atoms with Gasteiger partial charge in [0.25, 0.3) is 0 Å². The second-order valence-corrected chi connectivity index (χ2v) is 12.1. The van der Waals surface area contributed by atoms with Crippen LogP contribution in [0.1, 0.15) is 62.3 Å². The number of alkyl carbamates (subject to hydrolysis) is 1. The third kappa shape index (κ3) is 9.62. The van der Waals surface area contributed by atoms with Crippen LogP contribution in [0.5, 0.6) is 0 Å². The highest BCUT2D eigenvalue weighted by Crippen LogP contribution is 2.33. The molecule has 2 heterocycles. The summed E-state index contributed by atoms with van der Waals surface area (Å²) in [7, 11) is 0. The lowest BCUT2D eigenvalue weighted by molar-refractivity contribution is -0.131. The maximum Gasteiger partial charge on any atom is 0.413 e. The Hall–Kier alpha value is -5.26. The van der Waals surface area contributed by atoms with Crippen molar-refractivity contribution in [2.24, 2.45) is 0 Å². The molecular formula is C34H40N6O6. The van der Waals surface area contributed by atoms with Crippen molar-refractivity contribution in [3.8, 4) is 0 Å². The van der Waals surface area contributed by atoms with Crippen molar-refractivity contribution in [3.05, 3.63) is 101 Å². The molecule has 242 valence electrons. The second kappa shape index (κ2) is 15.2. The van der Waals surface area contributed by atoms with Crippen molar-refractivity contribution in [1.29, 1.82) is 5.41 Å². The van der Waals surface area contributed by atoms with E-state index in [1.54, 1.807) is 64.4 Å². The molecule has 4 N–H and O–H groups in total. The molecular weight excluding hydrogens is 588 g/mol. The molecule has 0 aliphatic carbocycles. The molecule has 3 aromatic rings. The van der Waals surface area contributed by atoms with Crippen LogP contribution in [0.2, 0.25) is 0 Å². The summed E-state index contributed by atoms with van der Waals surface area (Å²) in [6, 6.07) is 18.0. The van der Waals surface area contributed by atoms with Gasteiger partial charge in [-0.15, -0.1) is 0 Å². The average molecular weight is 629 g/mol. The van der Waals surface area contributed by atoms with Gasteiger partial charge < -0.3 is 20.1 Å². The van der Waals surface area contributed by atoms with Gasteiger partial charge in [0, 0.05) is 37.0 Å². The largest absolute Gasteiger partial charge is 0.444 e. The standard InChI is InChI=1S/C34H40N6O6/c1-22(38-31(42)28-18-27(25-14-16-36-17-15-25)20-40(28)33(44)46-34(2,3)4)30(41)37-19-23-10-12-26(13-11-23)29(35)39-32(43)45-21-24-8-6-5-7-9-24/h5-17,22,27-28H,18-21H2,1-4H3,(H,37,41)(H,38,42)(H2,35,39,43)/t22-,27+,28?/m0/s1. The van der Waals surface area contributed by atoms with E-state index in [0.717, 1.165) is 16.7 Å². The minimum absolute atomic E-state index is 0.0880. The van der Waals surface area contributed by atoms with Crippen LogP contribution in [0.15, 0.2) is 79.1 Å². The molecule has 1 aliphatic rings. The van der Waals surface area contributed by atoms with Gasteiger partial charge in [0.2, 0.25) is 11.8 Å². The first kappa shape index (κ1) is 33.6. The number of likely N-dealkylation sites (tertiary alicyclic amines) is 1. The van der Waals surface area contributed by atoms with Crippen molar-refractivity contribution < 1.29 is 28.7 Å². The number of amides is 4. The Labute approximate surface area is 268 Å². The van der Waals surface area contributed by atoms with E-state index in [1.807, 2.05) is 42.5 Å². The number of rotatable bonds is 9. The first-order valence-corrected chi connectivity index (χ1v) is 15.0. The molecule has 2 aromatic carbocycles. The number of nitrogens with zero attached hydrogens (tertiary/aromatic N) is 2. The molecule has 1 aromatic heterocycles. The Balaban J connectivity index is 1.27. The molecule has 4 amide bonds. The van der Waals surface area contributed by atoms with Crippen molar-refractivity contribution in [1.82, 2.24) is 25.8 Å². The molecule has 1 aliphatic heterocycles. The lowest BCUT2D eigenvalue weighted by Crippen LogP contribution is -2.52. The van der Waals surface area contributed by atoms with E-state index >= 15 is 0 Å². The second-order valence-electron chi connectivity index (χ2n) is 12.1. The molecule has 12 nitrogen and oxygen atoms in total. The van der Waals surface area contributed by atoms with Crippen molar-refractivity contribution >= 4 is 29.8 Å². The Kier molecular flexibility index (Phi) is 11.1. The van der Waals surface area contributed by atoms with Gasteiger partial charge in [0.05, 0.1) is 0 Å². The highest BCUT2D eigenvalue weighted by Gasteiger charge is 2.42. The number of benzene rings is 2. The Morgan fingerprint density at radius 2 is 1.65 bits per heavy atom. The molecule has 0 spiro atoms. The molecule has 4 rings (SSSR count). The van der Waals surface area contributed by atoms with Crippen molar-refractivity contribution in [3.63, 3.8) is 0 Å². The number of carbonyl (C=O) groups excluding carboxylic acids is 4. The van der Waals surface area contributed by atoms with Crippen LogP contribution >= 0.6 is 0 Å². The molecule has 1 unspecified atom stereocenters. The first-order chi connectivity index (χ1) is 21.9. The van der Waals surface area contributed by atoms with E-state index in [4.69, 9.17) is 14.9 Å². The number of ether oxygens (including phenoxy) is 2. The Morgan fingerprint density at radius 1 is 0.978 bits per heavy atom. The molecule has 0 saturated carbocycles. The van der Waals surface area contributed by atoms with Gasteiger partial charge in [0.1, 0.15) is 30.1 Å². The summed E-state index contributed by atoms with van der Waals surface area (Å²) in [6.45, 7) is 7.44. The van der Waals surface area contributed by atoms with E-state index in [-0.39, 0.29) is 24.9 Å². The van der Waals surface area contributed by atoms with Crippen LogP contribution in [0.4, 0.5) is 9.59 Å². The zero-order chi connectivity index (χ0) is 33.3. The van der Waals surface area contributed by atoms with Gasteiger partial charge in [-0.25, -0.2) is 9.59 Å². The number of amidine groups is 1. The van der Waals surface area contributed by atoms with Gasteiger partial charge in [0.15, 0.2) is 0 Å². The van der Waals surface area contributed by atoms with Crippen LogP contribution < -0.4 is 16.0 Å². The summed E-state index contributed by atoms with van der Waals surface area (Å²) in [6.07, 6.45) is 2.40. The minimum atomic E-state index is -0.869. The van der Waals surface area contributed by atoms with E-state index in [2.05, 4.69) is 20.9 Å². The average Bonchev–Trinajstić information content (AvgIpc) is 3.49. The summed E-state index contributed by atoms with van der Waals surface area (Å²) < 4.78 is 10.7. The molecule has 1 saturated heterocycles. The lowest BCUT2D eigenvalue weighted by atomic mass is 9.97. The fraction of sp³-hybridized carbons (Fsp3) is 0.353. The first-order valence-electron chi connectivity index (χ1n) is 15.0. The predicted octanol–water partition coefficient (Wildman–Crippen LogP) is 4.25. The fourth-order valence-electron chi connectivity index (χ4n) is 4.92. The highest BCUT2D eigenvalue weighted by atomic mass is 16.6. The van der Waals surface area contributed by atoms with Crippen molar-refractivity contribution in [2.75, 3.05) is 6.54 Å². The number of aromatic nitrogens is 1. The van der Waals surface area contributed by atoms with Gasteiger partial charge in [-0.1, -0.05) is 54.6 Å². The maximum absolute atomic E-state index is 13.4. The summed E-state index contributed by atoms with van der Waals surface area (Å²) in [5, 5.41) is 16.1. The van der Waals surface area contributed by atoms with Gasteiger partial charge in [-0.2, -0.15) is 0 Å². The predicted molar refractivity (Wildman–Crippen MR) is 171 cm³/mol. The summed E-state index contributed by atoms with van der Waals surface area (Å²) in [4.78, 5) is 56.8. The normalized spacial score (nSPS) is 16.6. The zero-order valence-electron chi connectivity index (χ0n) is 26.4. The minimum Gasteiger partial charge on any atom is -0.444 e. The number of hydrogen-bond acceptors (Lipinski definition) is 8. The smallest absolute Gasteiger partial charge is 0.413 e. The summed E-state index contributed by atoms with van der Waals surface area (Å²) in [5.74, 6) is -1.05. The van der Waals surface area contributed by atoms with E-state index in [9.17, 15) is 19.2 Å².